The normalized spacial score (nSPS) is 18.9. The van der Waals surface area contributed by atoms with Gasteiger partial charge in [-0.15, -0.1) is 0 Å². The molecule has 8 aromatic carbocycles. The standard InChI is InChI=1S/4C17H15.2C2H6Si.2ClH.2Hf/c4*1-12-10-13(2)17(11-12)16-9-5-7-14-6-3-4-8-15(14)16;2*1-3-2;;;;/h4*3-9,11-12H,1-2H3;2*1-2H3;2*1H;;/p-2. The molecule has 4 aliphatic carbocycles. The van der Waals surface area contributed by atoms with Gasteiger partial charge < -0.3 is 24.8 Å². The zero-order valence-electron chi connectivity index (χ0n) is 47.5. The predicted molar refractivity (Wildman–Crippen MR) is 330 cm³/mol. The summed E-state index contributed by atoms with van der Waals surface area (Å²) in [4.78, 5) is 0. The average Bonchev–Trinajstić information content (AvgIpc) is 4.30. The molecule has 0 heterocycles. The van der Waals surface area contributed by atoms with E-state index in [4.69, 9.17) is 0 Å². The first kappa shape index (κ1) is 58.1. The molecule has 0 radical (unpaired) electrons. The molecule has 4 unspecified atom stereocenters. The molecule has 0 bridgehead atoms. The summed E-state index contributed by atoms with van der Waals surface area (Å²) in [6.45, 7) is 30.1. The summed E-state index contributed by atoms with van der Waals surface area (Å²) in [6, 6.07) is 62.7. The summed E-state index contributed by atoms with van der Waals surface area (Å²) in [7, 11) is 0. The third kappa shape index (κ3) is 10.5. The van der Waals surface area contributed by atoms with E-state index in [1.165, 1.54) is 87.6 Å². The second kappa shape index (κ2) is 24.3. The summed E-state index contributed by atoms with van der Waals surface area (Å²) in [5.41, 5.74) is 17.1. The minimum atomic E-state index is -2.33. The van der Waals surface area contributed by atoms with Crippen molar-refractivity contribution in [3.8, 4) is 0 Å². The molecule has 0 saturated heterocycles. The van der Waals surface area contributed by atoms with Crippen molar-refractivity contribution in [2.45, 2.75) is 81.6 Å². The van der Waals surface area contributed by atoms with Crippen molar-refractivity contribution in [2.24, 2.45) is 23.7 Å². The van der Waals surface area contributed by atoms with Gasteiger partial charge in [0.1, 0.15) is 0 Å². The van der Waals surface area contributed by atoms with E-state index in [2.05, 4.69) is 276 Å². The SMILES string of the molecule is CC1=[C]([Hf]([C]2=C(C)C(c3cccc4ccccc34)=CC2C)=[Si](C)C)C(C)C=C1c1cccc2ccccc12.CC1=[C]([Hf]([C]2=C(C)C(c3cccc4ccccc34)=CC2C)=[Si](C)C)C(C)C=C1c1cccc2ccccc12.[Cl-].[Cl-]. The molecule has 0 nitrogen and oxygen atoms in total. The minimum Gasteiger partial charge on any atom is -1.00 e. The molecule has 4 atom stereocenters. The number of benzene rings is 8. The maximum atomic E-state index is 2.61. The zero-order chi connectivity index (χ0) is 53.1. The van der Waals surface area contributed by atoms with Crippen LogP contribution < -0.4 is 24.8 Å². The first-order chi connectivity index (χ1) is 36.7. The molecule has 6 heteroatoms. The molecule has 0 aliphatic heterocycles. The van der Waals surface area contributed by atoms with E-state index in [0.29, 0.717) is 23.7 Å². The molecular weight excluding hydrogens is 1350 g/mol. The van der Waals surface area contributed by atoms with Crippen molar-refractivity contribution in [3.63, 3.8) is 0 Å². The van der Waals surface area contributed by atoms with Crippen LogP contribution in [0.2, 0.25) is 26.2 Å². The van der Waals surface area contributed by atoms with Gasteiger partial charge in [-0.25, -0.2) is 0 Å². The van der Waals surface area contributed by atoms with Crippen molar-refractivity contribution in [3.05, 3.63) is 252 Å². The van der Waals surface area contributed by atoms with Crippen molar-refractivity contribution in [2.75, 3.05) is 0 Å². The third-order valence-corrected chi connectivity index (χ3v) is 69.2. The van der Waals surface area contributed by atoms with Crippen LogP contribution in [0, 0.1) is 23.7 Å². The number of hydrogen-bond acceptors (Lipinski definition) is 0. The van der Waals surface area contributed by atoms with Gasteiger partial charge >= 0.3 is 474 Å². The van der Waals surface area contributed by atoms with Gasteiger partial charge in [0, 0.05) is 0 Å². The summed E-state index contributed by atoms with van der Waals surface area (Å²) >= 11 is -4.65. The molecule has 78 heavy (non-hydrogen) atoms. The molecule has 4 aliphatic rings. The molecule has 0 saturated carbocycles. The first-order valence-corrected chi connectivity index (χ1v) is 50.7. The second-order valence-electron chi connectivity index (χ2n) is 22.5. The summed E-state index contributed by atoms with van der Waals surface area (Å²) < 4.78 is 7.47. The molecule has 0 N–H and O–H groups in total. The summed E-state index contributed by atoms with van der Waals surface area (Å²) in [6.07, 6.45) is 10.4. The maximum absolute atomic E-state index is 2.61. The quantitative estimate of drug-likeness (QED) is 0.133. The van der Waals surface area contributed by atoms with Crippen LogP contribution in [0.3, 0.4) is 0 Å². The van der Waals surface area contributed by atoms with E-state index in [1.807, 2.05) is 13.3 Å². The van der Waals surface area contributed by atoms with Crippen LogP contribution in [0.1, 0.15) is 77.6 Å². The topological polar surface area (TPSA) is 0 Å². The molecule has 0 aromatic heterocycles. The van der Waals surface area contributed by atoms with Gasteiger partial charge in [-0.05, 0) is 0 Å². The monoisotopic (exact) mass is 1420 g/mol. The Labute approximate surface area is 493 Å². The molecule has 12 rings (SSSR count). The van der Waals surface area contributed by atoms with Crippen LogP contribution in [-0.2, 0) is 40.1 Å². The fourth-order valence-corrected chi connectivity index (χ4v) is 69.9. The van der Waals surface area contributed by atoms with Gasteiger partial charge in [0.05, 0.1) is 0 Å². The van der Waals surface area contributed by atoms with E-state index >= 15 is 0 Å². The Morgan fingerprint density at radius 1 is 0.282 bits per heavy atom. The Morgan fingerprint density at radius 3 is 0.679 bits per heavy atom. The van der Waals surface area contributed by atoms with Gasteiger partial charge in [0.2, 0.25) is 0 Å². The first-order valence-electron chi connectivity index (χ1n) is 27.7. The van der Waals surface area contributed by atoms with E-state index in [0.717, 1.165) is 0 Å². The van der Waals surface area contributed by atoms with Crippen LogP contribution in [0.15, 0.2) is 230 Å². The largest absolute Gasteiger partial charge is 1.00 e. The van der Waals surface area contributed by atoms with Crippen molar-refractivity contribution in [1.29, 1.82) is 0 Å². The fourth-order valence-electron chi connectivity index (χ4n) is 13.8. The van der Waals surface area contributed by atoms with E-state index in [1.54, 1.807) is 22.3 Å². The molecule has 0 fully saturated rings. The fraction of sp³-hybridized carbons (Fsp3) is 0.222. The predicted octanol–water partition coefficient (Wildman–Crippen LogP) is 14.4. The van der Waals surface area contributed by atoms with Crippen molar-refractivity contribution < 1.29 is 64.9 Å². The minimum absolute atomic E-state index is 0. The third-order valence-electron chi connectivity index (χ3n) is 17.1. The average molecular weight is 1420 g/mol. The molecule has 0 spiro atoms. The van der Waals surface area contributed by atoms with Gasteiger partial charge in [-0.1, -0.05) is 0 Å². The van der Waals surface area contributed by atoms with Crippen LogP contribution in [0.25, 0.3) is 65.4 Å². The molecular formula is C72H72Cl2Hf2Si2-2. The van der Waals surface area contributed by atoms with Crippen molar-refractivity contribution in [1.82, 2.24) is 0 Å². The smallest absolute Gasteiger partial charge is 1.00 e. The van der Waals surface area contributed by atoms with E-state index < -0.39 is 51.1 Å². The summed E-state index contributed by atoms with van der Waals surface area (Å²) in [5.74, 6) is 2.17. The number of hydrogen-bond donors (Lipinski definition) is 0. The van der Waals surface area contributed by atoms with Gasteiger partial charge in [0.15, 0.2) is 0 Å². The van der Waals surface area contributed by atoms with Gasteiger partial charge in [-0.2, -0.15) is 0 Å². The Balaban J connectivity index is 0.000000185. The molecule has 392 valence electrons. The molecule has 0 amide bonds. The zero-order valence-corrected chi connectivity index (χ0v) is 58.2. The Bertz CT molecular complexity index is 3550. The maximum Gasteiger partial charge on any atom is -1.00 e. The second-order valence-corrected chi connectivity index (χ2v) is 69.4. The number of halogens is 2. The van der Waals surface area contributed by atoms with Gasteiger partial charge in [0.25, 0.3) is 0 Å². The van der Waals surface area contributed by atoms with Crippen molar-refractivity contribution >= 4 is 76.4 Å². The van der Waals surface area contributed by atoms with E-state index in [9.17, 15) is 0 Å². The Morgan fingerprint density at radius 2 is 0.474 bits per heavy atom. The number of fused-ring (bicyclic) bond motifs is 4. The van der Waals surface area contributed by atoms with E-state index in [-0.39, 0.29) is 24.8 Å². The van der Waals surface area contributed by atoms with Crippen LogP contribution >= 0.6 is 0 Å². The number of rotatable bonds is 8. The summed E-state index contributed by atoms with van der Waals surface area (Å²) in [5, 5.41) is 10.9. The molecule has 8 aromatic rings. The Hall–Kier alpha value is -4.53. The van der Waals surface area contributed by atoms with Gasteiger partial charge in [-0.3, -0.25) is 0 Å². The number of allylic oxidation sites excluding steroid dienone is 16. The van der Waals surface area contributed by atoms with Crippen LogP contribution in [-0.4, -0.2) is 11.0 Å². The van der Waals surface area contributed by atoms with Crippen LogP contribution in [0.5, 0.6) is 0 Å². The van der Waals surface area contributed by atoms with Crippen LogP contribution in [0.4, 0.5) is 0 Å². The Kier molecular flexibility index (Phi) is 18.1.